The van der Waals surface area contributed by atoms with Crippen LogP contribution in [0.4, 0.5) is 0 Å². The Hall–Kier alpha value is -1.35. The molecule has 0 radical (unpaired) electrons. The van der Waals surface area contributed by atoms with Gasteiger partial charge >= 0.3 is 0 Å². The van der Waals surface area contributed by atoms with E-state index in [0.29, 0.717) is 12.3 Å². The molecule has 0 fully saturated rings. The molecule has 1 atom stereocenters. The molecule has 0 aliphatic rings. The van der Waals surface area contributed by atoms with Gasteiger partial charge in [0.1, 0.15) is 0 Å². The van der Waals surface area contributed by atoms with Crippen molar-refractivity contribution in [2.75, 3.05) is 13.6 Å². The van der Waals surface area contributed by atoms with E-state index in [0.717, 1.165) is 19.4 Å². The van der Waals surface area contributed by atoms with Crippen LogP contribution < -0.4 is 10.6 Å². The highest BCUT2D eigenvalue weighted by atomic mass is 16.1. The number of hydrogen-bond acceptors (Lipinski definition) is 2. The zero-order valence-electron chi connectivity index (χ0n) is 13.2. The van der Waals surface area contributed by atoms with E-state index in [2.05, 4.69) is 55.7 Å². The van der Waals surface area contributed by atoms with Gasteiger partial charge in [0.25, 0.3) is 0 Å². The summed E-state index contributed by atoms with van der Waals surface area (Å²) in [6.45, 7) is 7.32. The number of benzene rings is 1. The third-order valence-electron chi connectivity index (χ3n) is 3.56. The fourth-order valence-electron chi connectivity index (χ4n) is 2.27. The maximum absolute atomic E-state index is 12.0. The quantitative estimate of drug-likeness (QED) is 0.717. The first-order valence-corrected chi connectivity index (χ1v) is 7.61. The third-order valence-corrected chi connectivity index (χ3v) is 3.56. The average Bonchev–Trinajstić information content (AvgIpc) is 2.45. The highest BCUT2D eigenvalue weighted by Crippen LogP contribution is 2.22. The van der Waals surface area contributed by atoms with E-state index in [4.69, 9.17) is 0 Å². The number of carbonyl (C=O) groups excluding carboxylic acids is 1. The average molecular weight is 276 g/mol. The lowest BCUT2D eigenvalue weighted by atomic mass is 9.94. The van der Waals surface area contributed by atoms with E-state index in [1.54, 1.807) is 0 Å². The van der Waals surface area contributed by atoms with Crippen LogP contribution in [0.25, 0.3) is 0 Å². The van der Waals surface area contributed by atoms with E-state index in [9.17, 15) is 4.79 Å². The Morgan fingerprint density at radius 1 is 1.20 bits per heavy atom. The first-order valence-electron chi connectivity index (χ1n) is 7.61. The van der Waals surface area contributed by atoms with E-state index < -0.39 is 0 Å². The van der Waals surface area contributed by atoms with Crippen LogP contribution in [0, 0.1) is 5.92 Å². The van der Waals surface area contributed by atoms with Crippen molar-refractivity contribution in [3.63, 3.8) is 0 Å². The normalized spacial score (nSPS) is 12.4. The maximum atomic E-state index is 12.0. The zero-order valence-corrected chi connectivity index (χ0v) is 13.2. The fraction of sp³-hybridized carbons (Fsp3) is 0.588. The smallest absolute Gasteiger partial charge is 0.220 e. The van der Waals surface area contributed by atoms with Crippen LogP contribution in [0.5, 0.6) is 0 Å². The minimum atomic E-state index is 0.1000. The van der Waals surface area contributed by atoms with Crippen molar-refractivity contribution in [1.29, 1.82) is 0 Å². The highest BCUT2D eigenvalue weighted by molar-refractivity contribution is 5.76. The Labute approximate surface area is 123 Å². The number of hydrogen-bond donors (Lipinski definition) is 2. The molecule has 3 nitrogen and oxygen atoms in total. The zero-order chi connectivity index (χ0) is 15.0. The molecular formula is C17H28N2O. The lowest BCUT2D eigenvalue weighted by Gasteiger charge is -2.23. The van der Waals surface area contributed by atoms with Crippen molar-refractivity contribution in [2.24, 2.45) is 5.92 Å². The molecule has 0 aliphatic carbocycles. The third kappa shape index (κ3) is 5.33. The second kappa shape index (κ2) is 8.75. The SMILES string of the molecule is CCc1ccc(C(NC(=O)CCCNC)C(C)C)cc1. The van der Waals surface area contributed by atoms with Gasteiger partial charge in [-0.3, -0.25) is 4.79 Å². The van der Waals surface area contributed by atoms with Crippen molar-refractivity contribution in [1.82, 2.24) is 10.6 Å². The van der Waals surface area contributed by atoms with E-state index in [-0.39, 0.29) is 11.9 Å². The summed E-state index contributed by atoms with van der Waals surface area (Å²) in [4.78, 5) is 12.0. The Balaban J connectivity index is 2.65. The molecular weight excluding hydrogens is 248 g/mol. The molecule has 1 unspecified atom stereocenters. The van der Waals surface area contributed by atoms with Crippen molar-refractivity contribution < 1.29 is 4.79 Å². The highest BCUT2D eigenvalue weighted by Gasteiger charge is 2.17. The van der Waals surface area contributed by atoms with Gasteiger partial charge in [-0.2, -0.15) is 0 Å². The molecule has 0 heterocycles. The summed E-state index contributed by atoms with van der Waals surface area (Å²) < 4.78 is 0. The van der Waals surface area contributed by atoms with Crippen LogP contribution in [-0.2, 0) is 11.2 Å². The Bertz CT molecular complexity index is 398. The number of aryl methyl sites for hydroxylation is 1. The van der Waals surface area contributed by atoms with Crippen molar-refractivity contribution in [3.8, 4) is 0 Å². The molecule has 2 N–H and O–H groups in total. The summed E-state index contributed by atoms with van der Waals surface area (Å²) in [5.41, 5.74) is 2.52. The number of nitrogens with one attached hydrogen (secondary N) is 2. The summed E-state index contributed by atoms with van der Waals surface area (Å²) in [6, 6.07) is 8.67. The molecule has 1 amide bonds. The van der Waals surface area contributed by atoms with Gasteiger partial charge in [-0.25, -0.2) is 0 Å². The predicted molar refractivity (Wildman–Crippen MR) is 84.7 cm³/mol. The largest absolute Gasteiger partial charge is 0.349 e. The monoisotopic (exact) mass is 276 g/mol. The lowest BCUT2D eigenvalue weighted by Crippen LogP contribution is -2.32. The second-order valence-electron chi connectivity index (χ2n) is 5.59. The first-order chi connectivity index (χ1) is 9.58. The van der Waals surface area contributed by atoms with Gasteiger partial charge in [0.2, 0.25) is 5.91 Å². The van der Waals surface area contributed by atoms with E-state index in [1.807, 2.05) is 7.05 Å². The van der Waals surface area contributed by atoms with Crippen LogP contribution in [-0.4, -0.2) is 19.5 Å². The minimum Gasteiger partial charge on any atom is -0.349 e. The topological polar surface area (TPSA) is 41.1 Å². The van der Waals surface area contributed by atoms with Crippen molar-refractivity contribution in [3.05, 3.63) is 35.4 Å². The van der Waals surface area contributed by atoms with Crippen LogP contribution in [0.3, 0.4) is 0 Å². The van der Waals surface area contributed by atoms with Crippen LogP contribution in [0.2, 0.25) is 0 Å². The maximum Gasteiger partial charge on any atom is 0.220 e. The Kier molecular flexibility index (Phi) is 7.31. The summed E-state index contributed by atoms with van der Waals surface area (Å²) >= 11 is 0. The van der Waals surface area contributed by atoms with Gasteiger partial charge in [0.15, 0.2) is 0 Å². The van der Waals surface area contributed by atoms with Gasteiger partial charge in [0.05, 0.1) is 6.04 Å². The summed E-state index contributed by atoms with van der Waals surface area (Å²) in [7, 11) is 1.91. The molecule has 1 aromatic rings. The second-order valence-corrected chi connectivity index (χ2v) is 5.59. The van der Waals surface area contributed by atoms with Gasteiger partial charge in [-0.1, -0.05) is 45.0 Å². The first kappa shape index (κ1) is 16.7. The van der Waals surface area contributed by atoms with Crippen LogP contribution in [0.1, 0.15) is 50.8 Å². The molecule has 3 heteroatoms. The fourth-order valence-corrected chi connectivity index (χ4v) is 2.27. The standard InChI is InChI=1S/C17H28N2O/c1-5-14-8-10-15(11-9-14)17(13(2)3)19-16(20)7-6-12-18-4/h8-11,13,17-18H,5-7,12H2,1-4H3,(H,19,20). The van der Waals surface area contributed by atoms with Crippen LogP contribution >= 0.6 is 0 Å². The van der Waals surface area contributed by atoms with Gasteiger partial charge in [0, 0.05) is 6.42 Å². The Morgan fingerprint density at radius 2 is 1.85 bits per heavy atom. The van der Waals surface area contributed by atoms with Gasteiger partial charge in [-0.15, -0.1) is 0 Å². The molecule has 0 saturated heterocycles. The predicted octanol–water partition coefficient (Wildman–Crippen LogP) is 3.06. The van der Waals surface area contributed by atoms with Crippen LogP contribution in [0.15, 0.2) is 24.3 Å². The summed E-state index contributed by atoms with van der Waals surface area (Å²) in [5, 5.41) is 6.23. The lowest BCUT2D eigenvalue weighted by molar-refractivity contribution is -0.122. The van der Waals surface area contributed by atoms with Gasteiger partial charge < -0.3 is 10.6 Å². The summed E-state index contributed by atoms with van der Waals surface area (Å²) in [5.74, 6) is 0.522. The molecule has 0 aliphatic heterocycles. The van der Waals surface area contributed by atoms with Gasteiger partial charge in [-0.05, 0) is 43.5 Å². The molecule has 0 aromatic heterocycles. The summed E-state index contributed by atoms with van der Waals surface area (Å²) in [6.07, 6.45) is 2.50. The number of rotatable bonds is 8. The van der Waals surface area contributed by atoms with Crippen molar-refractivity contribution in [2.45, 2.75) is 46.1 Å². The van der Waals surface area contributed by atoms with E-state index in [1.165, 1.54) is 11.1 Å². The molecule has 0 bridgehead atoms. The minimum absolute atomic E-state index is 0.1000. The Morgan fingerprint density at radius 3 is 2.35 bits per heavy atom. The molecule has 20 heavy (non-hydrogen) atoms. The molecule has 0 saturated carbocycles. The van der Waals surface area contributed by atoms with Crippen molar-refractivity contribution >= 4 is 5.91 Å². The van der Waals surface area contributed by atoms with E-state index >= 15 is 0 Å². The molecule has 1 rings (SSSR count). The molecule has 112 valence electrons. The number of carbonyl (C=O) groups is 1. The molecule has 1 aromatic carbocycles. The number of amides is 1. The molecule has 0 spiro atoms.